The summed E-state index contributed by atoms with van der Waals surface area (Å²) in [5, 5.41) is 14.2. The minimum atomic E-state index is -0.535. The Morgan fingerprint density at radius 2 is 1.71 bits per heavy atom. The van der Waals surface area contributed by atoms with Crippen LogP contribution < -0.4 is 10.2 Å². The number of amides is 1. The van der Waals surface area contributed by atoms with Crippen LogP contribution in [0.15, 0.2) is 42.5 Å². The van der Waals surface area contributed by atoms with Crippen LogP contribution in [0.4, 0.5) is 22.7 Å². The summed E-state index contributed by atoms with van der Waals surface area (Å²) in [7, 11) is 1.66. The Hall–Kier alpha value is -3.22. The van der Waals surface area contributed by atoms with Crippen LogP contribution in [0.2, 0.25) is 0 Å². The second kappa shape index (κ2) is 6.91. The van der Waals surface area contributed by atoms with Crippen molar-refractivity contribution in [3.8, 4) is 0 Å². The first kappa shape index (κ1) is 17.1. The van der Waals surface area contributed by atoms with Crippen molar-refractivity contribution < 1.29 is 14.5 Å². The molecule has 0 fully saturated rings. The number of ketones is 1. The molecule has 7 heteroatoms. The molecule has 0 aliphatic carbocycles. The molecule has 0 radical (unpaired) electrons. The van der Waals surface area contributed by atoms with Gasteiger partial charge in [0, 0.05) is 37.0 Å². The van der Waals surface area contributed by atoms with Crippen LogP contribution >= 0.6 is 0 Å². The largest absolute Gasteiger partial charge is 0.350 e. The van der Waals surface area contributed by atoms with Crippen molar-refractivity contribution in [3.63, 3.8) is 0 Å². The number of nitro groups is 1. The number of carbonyl (C=O) groups excluding carboxylic acids is 2. The Bertz CT molecular complexity index is 800. The Morgan fingerprint density at radius 3 is 2.21 bits per heavy atom. The van der Waals surface area contributed by atoms with Crippen molar-refractivity contribution in [2.24, 2.45) is 0 Å². The van der Waals surface area contributed by atoms with Crippen molar-refractivity contribution >= 4 is 34.4 Å². The van der Waals surface area contributed by atoms with E-state index in [1.807, 2.05) is 0 Å². The van der Waals surface area contributed by atoms with E-state index in [0.717, 1.165) is 5.69 Å². The van der Waals surface area contributed by atoms with Gasteiger partial charge in [-0.2, -0.15) is 0 Å². The van der Waals surface area contributed by atoms with E-state index in [0.29, 0.717) is 5.69 Å². The Kier molecular flexibility index (Phi) is 4.93. The molecule has 0 unspecified atom stereocenters. The van der Waals surface area contributed by atoms with Crippen LogP contribution in [0.5, 0.6) is 0 Å². The molecule has 2 rings (SSSR count). The van der Waals surface area contributed by atoms with Gasteiger partial charge in [-0.25, -0.2) is 0 Å². The zero-order chi connectivity index (χ0) is 17.9. The van der Waals surface area contributed by atoms with Crippen LogP contribution in [0.1, 0.15) is 24.2 Å². The third kappa shape index (κ3) is 3.75. The lowest BCUT2D eigenvalue weighted by molar-refractivity contribution is -0.383. The van der Waals surface area contributed by atoms with Crippen molar-refractivity contribution in [3.05, 3.63) is 58.1 Å². The number of nitro benzene ring substituents is 1. The van der Waals surface area contributed by atoms with Crippen molar-refractivity contribution in [1.82, 2.24) is 0 Å². The maximum absolute atomic E-state index is 11.4. The normalized spacial score (nSPS) is 10.1. The number of nitrogens with zero attached hydrogens (tertiary/aromatic N) is 2. The summed E-state index contributed by atoms with van der Waals surface area (Å²) in [6, 6.07) is 11.2. The zero-order valence-electron chi connectivity index (χ0n) is 13.6. The van der Waals surface area contributed by atoms with Crippen LogP contribution in [0, 0.1) is 10.1 Å². The van der Waals surface area contributed by atoms with Crippen molar-refractivity contribution in [1.29, 1.82) is 0 Å². The molecule has 0 aliphatic rings. The van der Waals surface area contributed by atoms with Gasteiger partial charge in [-0.1, -0.05) is 0 Å². The molecular formula is C17H17N3O4. The second-order valence-electron chi connectivity index (χ2n) is 5.30. The first-order valence-electron chi connectivity index (χ1n) is 7.20. The van der Waals surface area contributed by atoms with Crippen molar-refractivity contribution in [2.45, 2.75) is 13.8 Å². The lowest BCUT2D eigenvalue weighted by Gasteiger charge is -2.15. The molecule has 0 atom stereocenters. The van der Waals surface area contributed by atoms with Gasteiger partial charge in [0.1, 0.15) is 5.69 Å². The molecule has 0 bridgehead atoms. The molecule has 0 aliphatic heterocycles. The van der Waals surface area contributed by atoms with Gasteiger partial charge in [0.2, 0.25) is 5.91 Å². The second-order valence-corrected chi connectivity index (χ2v) is 5.30. The summed E-state index contributed by atoms with van der Waals surface area (Å²) in [4.78, 5) is 34.9. The van der Waals surface area contributed by atoms with E-state index >= 15 is 0 Å². The predicted octanol–water partition coefficient (Wildman–Crippen LogP) is 3.52. The van der Waals surface area contributed by atoms with Gasteiger partial charge in [0.15, 0.2) is 5.78 Å². The molecule has 0 saturated heterocycles. The van der Waals surface area contributed by atoms with E-state index in [1.165, 1.54) is 36.9 Å². The quantitative estimate of drug-likeness (QED) is 0.515. The molecule has 1 amide bonds. The third-order valence-corrected chi connectivity index (χ3v) is 3.61. The number of nitrogens with one attached hydrogen (secondary N) is 1. The molecule has 24 heavy (non-hydrogen) atoms. The molecule has 0 heterocycles. The Labute approximate surface area is 139 Å². The third-order valence-electron chi connectivity index (χ3n) is 3.61. The summed E-state index contributed by atoms with van der Waals surface area (Å²) in [6.07, 6.45) is 0. The summed E-state index contributed by atoms with van der Waals surface area (Å²) in [5.74, 6) is -0.326. The number of benzene rings is 2. The predicted molar refractivity (Wildman–Crippen MR) is 91.9 cm³/mol. The topological polar surface area (TPSA) is 92.6 Å². The number of Topliss-reactive ketones (excluding diaryl/α,β-unsaturated/α-hetero) is 1. The van der Waals surface area contributed by atoms with Gasteiger partial charge in [0.25, 0.3) is 5.69 Å². The number of carbonyl (C=O) groups is 2. The lowest BCUT2D eigenvalue weighted by Crippen LogP contribution is -2.22. The molecule has 0 aromatic heterocycles. The Balaban J connectivity index is 2.29. The van der Waals surface area contributed by atoms with Crippen molar-refractivity contribution in [2.75, 3.05) is 17.3 Å². The van der Waals surface area contributed by atoms with Crippen LogP contribution in [0.3, 0.4) is 0 Å². The standard InChI is InChI=1S/C17H17N3O4/c1-11(21)13-4-9-16(17(10-13)20(23)24)18-14-5-7-15(8-6-14)19(3)12(2)22/h4-10,18H,1-3H3. The van der Waals surface area contributed by atoms with E-state index in [9.17, 15) is 19.7 Å². The molecule has 0 saturated carbocycles. The molecule has 2 aromatic rings. The number of hydrogen-bond acceptors (Lipinski definition) is 5. The SMILES string of the molecule is CC(=O)c1ccc(Nc2ccc(N(C)C(C)=O)cc2)c([N+](=O)[O-])c1. The average Bonchev–Trinajstić information content (AvgIpc) is 2.54. The van der Waals surface area contributed by atoms with Gasteiger partial charge in [-0.15, -0.1) is 0 Å². The first-order valence-corrected chi connectivity index (χ1v) is 7.20. The van der Waals surface area contributed by atoms with E-state index < -0.39 is 4.92 Å². The maximum Gasteiger partial charge on any atom is 0.293 e. The number of anilines is 3. The fourth-order valence-electron chi connectivity index (χ4n) is 2.11. The van der Waals surface area contributed by atoms with Crippen LogP contribution in [-0.2, 0) is 4.79 Å². The summed E-state index contributed by atoms with van der Waals surface area (Å²) in [6.45, 7) is 2.82. The van der Waals surface area contributed by atoms with Gasteiger partial charge in [0.05, 0.1) is 4.92 Å². The highest BCUT2D eigenvalue weighted by molar-refractivity contribution is 5.96. The van der Waals surface area contributed by atoms with E-state index in [1.54, 1.807) is 31.3 Å². The van der Waals surface area contributed by atoms with Crippen LogP contribution in [-0.4, -0.2) is 23.7 Å². The monoisotopic (exact) mass is 327 g/mol. The van der Waals surface area contributed by atoms with E-state index in [-0.39, 0.29) is 28.6 Å². The van der Waals surface area contributed by atoms with E-state index in [4.69, 9.17) is 0 Å². The molecule has 2 aromatic carbocycles. The lowest BCUT2D eigenvalue weighted by atomic mass is 10.1. The molecule has 124 valence electrons. The maximum atomic E-state index is 11.4. The van der Waals surface area contributed by atoms with Gasteiger partial charge < -0.3 is 10.2 Å². The molecule has 1 N–H and O–H groups in total. The molecular weight excluding hydrogens is 310 g/mol. The molecule has 0 spiro atoms. The van der Waals surface area contributed by atoms with Crippen LogP contribution in [0.25, 0.3) is 0 Å². The smallest absolute Gasteiger partial charge is 0.293 e. The number of hydrogen-bond donors (Lipinski definition) is 1. The summed E-state index contributed by atoms with van der Waals surface area (Å²) >= 11 is 0. The highest BCUT2D eigenvalue weighted by Gasteiger charge is 2.16. The number of rotatable bonds is 5. The first-order chi connectivity index (χ1) is 11.3. The summed E-state index contributed by atoms with van der Waals surface area (Å²) in [5.41, 5.74) is 1.75. The fourth-order valence-corrected chi connectivity index (χ4v) is 2.11. The van der Waals surface area contributed by atoms with Gasteiger partial charge >= 0.3 is 0 Å². The molecule has 7 nitrogen and oxygen atoms in total. The Morgan fingerprint density at radius 1 is 1.08 bits per heavy atom. The average molecular weight is 327 g/mol. The zero-order valence-corrected chi connectivity index (χ0v) is 13.6. The van der Waals surface area contributed by atoms with Gasteiger partial charge in [-0.3, -0.25) is 19.7 Å². The summed E-state index contributed by atoms with van der Waals surface area (Å²) < 4.78 is 0. The highest BCUT2D eigenvalue weighted by atomic mass is 16.6. The van der Waals surface area contributed by atoms with Gasteiger partial charge in [-0.05, 0) is 43.3 Å². The minimum absolute atomic E-state index is 0.0915. The van der Waals surface area contributed by atoms with E-state index in [2.05, 4.69) is 5.32 Å². The highest BCUT2D eigenvalue weighted by Crippen LogP contribution is 2.29. The minimum Gasteiger partial charge on any atom is -0.350 e. The fraction of sp³-hybridized carbons (Fsp3) is 0.176.